The molecular formula is C21H28ClN3O2. The molecular weight excluding hydrogens is 362 g/mol. The molecule has 2 amide bonds. The molecule has 27 heavy (non-hydrogen) atoms. The van der Waals surface area contributed by atoms with Gasteiger partial charge in [-0.2, -0.15) is 0 Å². The van der Waals surface area contributed by atoms with Crippen LogP contribution in [0, 0.1) is 12.3 Å². The predicted molar refractivity (Wildman–Crippen MR) is 114 cm³/mol. The van der Waals surface area contributed by atoms with Crippen molar-refractivity contribution >= 4 is 41.3 Å². The molecule has 0 aliphatic carbocycles. The van der Waals surface area contributed by atoms with Gasteiger partial charge in [0.1, 0.15) is 0 Å². The summed E-state index contributed by atoms with van der Waals surface area (Å²) in [5.74, 6) is -0.158. The van der Waals surface area contributed by atoms with Crippen LogP contribution in [0.4, 0.5) is 17.1 Å². The van der Waals surface area contributed by atoms with E-state index < -0.39 is 5.41 Å². The molecule has 0 saturated carbocycles. The molecule has 5 nitrogen and oxygen atoms in total. The highest BCUT2D eigenvalue weighted by Crippen LogP contribution is 2.24. The van der Waals surface area contributed by atoms with Gasteiger partial charge in [-0.1, -0.05) is 45.0 Å². The summed E-state index contributed by atoms with van der Waals surface area (Å²) in [6, 6.07) is 13.0. The van der Waals surface area contributed by atoms with E-state index in [4.69, 9.17) is 5.73 Å². The number of nitrogens with two attached hydrogens (primary N) is 1. The van der Waals surface area contributed by atoms with Gasteiger partial charge < -0.3 is 16.4 Å². The molecule has 0 saturated heterocycles. The average molecular weight is 390 g/mol. The van der Waals surface area contributed by atoms with Gasteiger partial charge >= 0.3 is 0 Å². The Labute approximate surface area is 167 Å². The zero-order valence-electron chi connectivity index (χ0n) is 16.3. The third-order valence-corrected chi connectivity index (χ3v) is 4.13. The van der Waals surface area contributed by atoms with Crippen LogP contribution in [0.2, 0.25) is 0 Å². The molecule has 0 unspecified atom stereocenters. The van der Waals surface area contributed by atoms with Gasteiger partial charge in [0.15, 0.2) is 0 Å². The fourth-order valence-corrected chi connectivity index (χ4v) is 2.38. The minimum atomic E-state index is -0.485. The van der Waals surface area contributed by atoms with Crippen LogP contribution in [-0.2, 0) is 16.0 Å². The Morgan fingerprint density at radius 1 is 1.04 bits per heavy atom. The van der Waals surface area contributed by atoms with Gasteiger partial charge in [0.05, 0.1) is 0 Å². The van der Waals surface area contributed by atoms with E-state index >= 15 is 0 Å². The van der Waals surface area contributed by atoms with E-state index in [9.17, 15) is 9.59 Å². The molecule has 2 aromatic carbocycles. The number of carbonyl (C=O) groups excluding carboxylic acids is 2. The smallest absolute Gasteiger partial charge is 0.229 e. The van der Waals surface area contributed by atoms with Crippen LogP contribution in [0.1, 0.15) is 38.3 Å². The number of halogens is 1. The molecule has 2 aromatic rings. The Hall–Kier alpha value is -2.53. The lowest BCUT2D eigenvalue weighted by Gasteiger charge is -2.19. The number of anilines is 3. The second-order valence-electron chi connectivity index (χ2n) is 7.48. The van der Waals surface area contributed by atoms with Crippen LogP contribution in [0.15, 0.2) is 42.5 Å². The maximum atomic E-state index is 12.2. The summed E-state index contributed by atoms with van der Waals surface area (Å²) >= 11 is 0. The molecule has 0 aromatic heterocycles. The van der Waals surface area contributed by atoms with E-state index in [1.165, 1.54) is 0 Å². The van der Waals surface area contributed by atoms with Gasteiger partial charge in [-0.05, 0) is 42.7 Å². The van der Waals surface area contributed by atoms with E-state index in [0.29, 0.717) is 29.9 Å². The summed E-state index contributed by atoms with van der Waals surface area (Å²) < 4.78 is 0. The molecule has 146 valence electrons. The van der Waals surface area contributed by atoms with Crippen molar-refractivity contribution in [1.29, 1.82) is 0 Å². The number of nitrogen functional groups attached to an aromatic ring is 1. The molecule has 0 atom stereocenters. The molecule has 0 bridgehead atoms. The summed E-state index contributed by atoms with van der Waals surface area (Å²) in [6.07, 6.45) is 0.920. The van der Waals surface area contributed by atoms with Crippen molar-refractivity contribution in [2.45, 2.75) is 40.5 Å². The SMILES string of the molecule is Cc1ccc(NC(=O)CCc2ccccc2N)cc1NC(=O)C(C)(C)C.Cl. The van der Waals surface area contributed by atoms with Crippen molar-refractivity contribution in [3.63, 3.8) is 0 Å². The first-order valence-electron chi connectivity index (χ1n) is 8.72. The van der Waals surface area contributed by atoms with Gasteiger partial charge in [-0.25, -0.2) is 0 Å². The number of amides is 2. The van der Waals surface area contributed by atoms with Crippen molar-refractivity contribution < 1.29 is 9.59 Å². The number of hydrogen-bond acceptors (Lipinski definition) is 3. The highest BCUT2D eigenvalue weighted by molar-refractivity contribution is 5.97. The van der Waals surface area contributed by atoms with Gasteiger partial charge in [-0.15, -0.1) is 12.4 Å². The van der Waals surface area contributed by atoms with Crippen LogP contribution in [0.5, 0.6) is 0 Å². The molecule has 6 heteroatoms. The quantitative estimate of drug-likeness (QED) is 0.655. The number of aryl methyl sites for hydroxylation is 2. The maximum absolute atomic E-state index is 12.2. The summed E-state index contributed by atoms with van der Waals surface area (Å²) in [5, 5.41) is 5.80. The Kier molecular flexibility index (Phi) is 7.85. The first-order valence-corrected chi connectivity index (χ1v) is 8.72. The van der Waals surface area contributed by atoms with Gasteiger partial charge in [0.25, 0.3) is 0 Å². The zero-order valence-corrected chi connectivity index (χ0v) is 17.1. The fourth-order valence-electron chi connectivity index (χ4n) is 2.38. The van der Waals surface area contributed by atoms with Crippen molar-refractivity contribution in [2.75, 3.05) is 16.4 Å². The Balaban J connectivity index is 0.00000364. The van der Waals surface area contributed by atoms with Crippen molar-refractivity contribution in [1.82, 2.24) is 0 Å². The fraction of sp³-hybridized carbons (Fsp3) is 0.333. The first-order chi connectivity index (χ1) is 12.2. The molecule has 0 aliphatic rings. The van der Waals surface area contributed by atoms with E-state index in [1.807, 2.05) is 64.1 Å². The Bertz CT molecular complexity index is 813. The van der Waals surface area contributed by atoms with Gasteiger partial charge in [-0.3, -0.25) is 9.59 Å². The van der Waals surface area contributed by atoms with Crippen molar-refractivity contribution in [2.24, 2.45) is 5.41 Å². The molecule has 0 aliphatic heterocycles. The minimum Gasteiger partial charge on any atom is -0.399 e. The summed E-state index contributed by atoms with van der Waals surface area (Å²) in [7, 11) is 0. The summed E-state index contributed by atoms with van der Waals surface area (Å²) in [6.45, 7) is 7.50. The minimum absolute atomic E-state index is 0. The van der Waals surface area contributed by atoms with Gasteiger partial charge in [0.2, 0.25) is 11.8 Å². The molecule has 0 radical (unpaired) electrons. The maximum Gasteiger partial charge on any atom is 0.229 e. The van der Waals surface area contributed by atoms with E-state index in [-0.39, 0.29) is 24.2 Å². The molecule has 4 N–H and O–H groups in total. The predicted octanol–water partition coefficient (Wildman–Crippen LogP) is 4.55. The number of para-hydroxylation sites is 1. The summed E-state index contributed by atoms with van der Waals surface area (Å²) in [5.41, 5.74) is 9.38. The van der Waals surface area contributed by atoms with Crippen LogP contribution in [0.3, 0.4) is 0 Å². The number of nitrogens with one attached hydrogen (secondary N) is 2. The number of benzene rings is 2. The second-order valence-corrected chi connectivity index (χ2v) is 7.48. The van der Waals surface area contributed by atoms with Crippen LogP contribution in [-0.4, -0.2) is 11.8 Å². The molecule has 0 fully saturated rings. The number of rotatable bonds is 5. The number of carbonyl (C=O) groups is 2. The van der Waals surface area contributed by atoms with Crippen LogP contribution >= 0.6 is 12.4 Å². The third kappa shape index (κ3) is 6.61. The third-order valence-electron chi connectivity index (χ3n) is 4.13. The summed E-state index contributed by atoms with van der Waals surface area (Å²) in [4.78, 5) is 24.4. The first kappa shape index (κ1) is 22.5. The molecule has 2 rings (SSSR count). The standard InChI is InChI=1S/C21H27N3O2.ClH/c1-14-9-11-16(13-18(14)24-20(26)21(2,3)4)23-19(25)12-10-15-7-5-6-8-17(15)22;/h5-9,11,13H,10,12,22H2,1-4H3,(H,23,25)(H,24,26);1H. The monoisotopic (exact) mass is 389 g/mol. The van der Waals surface area contributed by atoms with Crippen LogP contribution < -0.4 is 16.4 Å². The van der Waals surface area contributed by atoms with Crippen LogP contribution in [0.25, 0.3) is 0 Å². The van der Waals surface area contributed by atoms with Crippen molar-refractivity contribution in [3.8, 4) is 0 Å². The lowest BCUT2D eigenvalue weighted by atomic mass is 9.95. The molecule has 0 heterocycles. The number of hydrogen-bond donors (Lipinski definition) is 3. The average Bonchev–Trinajstić information content (AvgIpc) is 2.56. The van der Waals surface area contributed by atoms with Gasteiger partial charge in [0, 0.05) is 28.9 Å². The Morgan fingerprint density at radius 2 is 1.70 bits per heavy atom. The van der Waals surface area contributed by atoms with E-state index in [2.05, 4.69) is 10.6 Å². The zero-order chi connectivity index (χ0) is 19.3. The highest BCUT2D eigenvalue weighted by Gasteiger charge is 2.21. The van der Waals surface area contributed by atoms with Crippen molar-refractivity contribution in [3.05, 3.63) is 53.6 Å². The molecule has 0 spiro atoms. The van der Waals surface area contributed by atoms with E-state index in [0.717, 1.165) is 11.1 Å². The largest absolute Gasteiger partial charge is 0.399 e. The van der Waals surface area contributed by atoms with E-state index in [1.54, 1.807) is 6.07 Å². The normalized spacial score (nSPS) is 10.7. The lowest BCUT2D eigenvalue weighted by molar-refractivity contribution is -0.123. The Morgan fingerprint density at radius 3 is 2.33 bits per heavy atom. The topological polar surface area (TPSA) is 84.2 Å². The second kappa shape index (κ2) is 9.42. The highest BCUT2D eigenvalue weighted by atomic mass is 35.5. The lowest BCUT2D eigenvalue weighted by Crippen LogP contribution is -2.28.